The van der Waals surface area contributed by atoms with Crippen LogP contribution >= 0.6 is 11.6 Å². The minimum Gasteiger partial charge on any atom is -0.347 e. The fraction of sp³-hybridized carbons (Fsp3) is 0.333. The van der Waals surface area contributed by atoms with Crippen molar-refractivity contribution in [3.63, 3.8) is 0 Å². The summed E-state index contributed by atoms with van der Waals surface area (Å²) < 4.78 is 27.6. The van der Waals surface area contributed by atoms with E-state index >= 15 is 0 Å². The lowest BCUT2D eigenvalue weighted by molar-refractivity contribution is -0.118. The molecule has 9 heteroatoms. The third-order valence-corrected chi connectivity index (χ3v) is 7.98. The van der Waals surface area contributed by atoms with Crippen LogP contribution in [-0.2, 0) is 26.0 Å². The number of hydrogen-bond donors (Lipinski definition) is 2. The van der Waals surface area contributed by atoms with Gasteiger partial charge in [0.1, 0.15) is 0 Å². The van der Waals surface area contributed by atoms with E-state index in [0.29, 0.717) is 24.9 Å². The van der Waals surface area contributed by atoms with Gasteiger partial charge >= 0.3 is 0 Å². The maximum atomic E-state index is 13.1. The van der Waals surface area contributed by atoms with Crippen LogP contribution in [0, 0.1) is 0 Å². The molecule has 176 valence electrons. The van der Waals surface area contributed by atoms with Crippen LogP contribution in [0.2, 0.25) is 5.02 Å². The highest BCUT2D eigenvalue weighted by Gasteiger charge is 2.36. The van der Waals surface area contributed by atoms with Crippen LogP contribution in [0.4, 0.5) is 5.69 Å². The summed E-state index contributed by atoms with van der Waals surface area (Å²) in [6.45, 7) is 5.88. The smallest absolute Gasteiger partial charge is 0.243 e. The van der Waals surface area contributed by atoms with Gasteiger partial charge in [0.05, 0.1) is 15.6 Å². The number of aryl methyl sites for hydroxylation is 1. The Bertz CT molecular complexity index is 1130. The minimum absolute atomic E-state index is 0.0634. The number of piperidine rings is 1. The van der Waals surface area contributed by atoms with Crippen molar-refractivity contribution in [3.8, 4) is 0 Å². The number of nitrogens with zero attached hydrogens (tertiary/aromatic N) is 1. The largest absolute Gasteiger partial charge is 0.347 e. The van der Waals surface area contributed by atoms with E-state index in [4.69, 9.17) is 11.6 Å². The number of carbonyl (C=O) groups excluding carboxylic acids is 2. The summed E-state index contributed by atoms with van der Waals surface area (Å²) in [6.07, 6.45) is 3.05. The zero-order valence-corrected chi connectivity index (χ0v) is 20.1. The zero-order valence-electron chi connectivity index (χ0n) is 18.5. The molecule has 33 heavy (non-hydrogen) atoms. The van der Waals surface area contributed by atoms with E-state index in [0.717, 1.165) is 5.56 Å². The van der Waals surface area contributed by atoms with Crippen LogP contribution in [0.5, 0.6) is 0 Å². The molecule has 0 radical (unpaired) electrons. The van der Waals surface area contributed by atoms with Crippen molar-refractivity contribution in [2.45, 2.75) is 43.0 Å². The van der Waals surface area contributed by atoms with Crippen molar-refractivity contribution in [2.24, 2.45) is 0 Å². The van der Waals surface area contributed by atoms with Gasteiger partial charge in [0.15, 0.2) is 0 Å². The molecule has 0 aliphatic carbocycles. The molecular weight excluding hydrogens is 462 g/mol. The first-order chi connectivity index (χ1) is 15.6. The van der Waals surface area contributed by atoms with E-state index in [1.165, 1.54) is 28.6 Å². The summed E-state index contributed by atoms with van der Waals surface area (Å²) in [7, 11) is -3.76. The summed E-state index contributed by atoms with van der Waals surface area (Å²) in [6, 6.07) is 14.0. The molecule has 0 aromatic heterocycles. The molecule has 2 N–H and O–H groups in total. The Morgan fingerprint density at radius 3 is 2.42 bits per heavy atom. The average Bonchev–Trinajstić information content (AvgIpc) is 2.79. The summed E-state index contributed by atoms with van der Waals surface area (Å²) in [5.41, 5.74) is 0.942. The third kappa shape index (κ3) is 6.43. The van der Waals surface area contributed by atoms with E-state index in [1.807, 2.05) is 37.3 Å². The number of anilines is 1. The van der Waals surface area contributed by atoms with Gasteiger partial charge < -0.3 is 10.6 Å². The van der Waals surface area contributed by atoms with E-state index in [1.54, 1.807) is 0 Å². The van der Waals surface area contributed by atoms with Gasteiger partial charge in [-0.1, -0.05) is 48.5 Å². The molecule has 1 heterocycles. The van der Waals surface area contributed by atoms with Gasteiger partial charge in [-0.05, 0) is 56.0 Å². The SMILES string of the molecule is C=CC(=O)NC1(C)CCN(S(=O)(=O)c2ccc(NC(=O)CCc3ccccc3)c(Cl)c2)CC1. The van der Waals surface area contributed by atoms with Crippen molar-refractivity contribution in [3.05, 3.63) is 71.8 Å². The zero-order chi connectivity index (χ0) is 24.1. The molecule has 2 amide bonds. The Kier molecular flexibility index (Phi) is 7.94. The average molecular weight is 490 g/mol. The minimum atomic E-state index is -3.76. The second kappa shape index (κ2) is 10.5. The lowest BCUT2D eigenvalue weighted by atomic mass is 9.90. The number of carbonyl (C=O) groups is 2. The van der Waals surface area contributed by atoms with Crippen molar-refractivity contribution < 1.29 is 18.0 Å². The first kappa shape index (κ1) is 25.0. The summed E-state index contributed by atoms with van der Waals surface area (Å²) in [5.74, 6) is -0.477. The van der Waals surface area contributed by atoms with Crippen LogP contribution in [0.1, 0.15) is 31.7 Å². The van der Waals surface area contributed by atoms with E-state index in [9.17, 15) is 18.0 Å². The van der Waals surface area contributed by atoms with Crippen LogP contribution in [0.15, 0.2) is 66.1 Å². The van der Waals surface area contributed by atoms with Gasteiger partial charge in [-0.15, -0.1) is 0 Å². The highest BCUT2D eigenvalue weighted by atomic mass is 35.5. The maximum absolute atomic E-state index is 13.1. The molecule has 7 nitrogen and oxygen atoms in total. The number of amides is 2. The van der Waals surface area contributed by atoms with Crippen molar-refractivity contribution in [1.82, 2.24) is 9.62 Å². The van der Waals surface area contributed by atoms with Gasteiger partial charge in [-0.2, -0.15) is 4.31 Å². The number of rotatable bonds is 8. The molecular formula is C24H28ClN3O4S. The van der Waals surface area contributed by atoms with Crippen LogP contribution in [0.3, 0.4) is 0 Å². The summed E-state index contributed by atoms with van der Waals surface area (Å²) >= 11 is 6.30. The van der Waals surface area contributed by atoms with Crippen LogP contribution in [0.25, 0.3) is 0 Å². The summed E-state index contributed by atoms with van der Waals surface area (Å²) in [5, 5.41) is 5.77. The second-order valence-electron chi connectivity index (χ2n) is 8.33. The Morgan fingerprint density at radius 1 is 1.15 bits per heavy atom. The molecule has 0 spiro atoms. The van der Waals surface area contributed by atoms with Gasteiger partial charge in [0.2, 0.25) is 21.8 Å². The van der Waals surface area contributed by atoms with Gasteiger partial charge in [-0.3, -0.25) is 9.59 Å². The van der Waals surface area contributed by atoms with Gasteiger partial charge in [-0.25, -0.2) is 8.42 Å². The lowest BCUT2D eigenvalue weighted by Gasteiger charge is -2.39. The molecule has 1 aliphatic heterocycles. The van der Waals surface area contributed by atoms with Crippen molar-refractivity contribution in [1.29, 1.82) is 0 Å². The molecule has 1 aliphatic rings. The highest BCUT2D eigenvalue weighted by molar-refractivity contribution is 7.89. The Balaban J connectivity index is 1.62. The normalized spacial score (nSPS) is 16.1. The number of hydrogen-bond acceptors (Lipinski definition) is 4. The molecule has 2 aromatic carbocycles. The summed E-state index contributed by atoms with van der Waals surface area (Å²) in [4.78, 5) is 24.0. The Labute approximate surface area is 199 Å². The number of nitrogens with one attached hydrogen (secondary N) is 2. The van der Waals surface area contributed by atoms with Crippen LogP contribution in [-0.4, -0.2) is 43.2 Å². The molecule has 0 bridgehead atoms. The van der Waals surface area contributed by atoms with E-state index in [2.05, 4.69) is 17.2 Å². The molecule has 1 saturated heterocycles. The maximum Gasteiger partial charge on any atom is 0.243 e. The lowest BCUT2D eigenvalue weighted by Crippen LogP contribution is -2.53. The fourth-order valence-corrected chi connectivity index (χ4v) is 5.48. The first-order valence-corrected chi connectivity index (χ1v) is 12.5. The van der Waals surface area contributed by atoms with Crippen molar-refractivity contribution in [2.75, 3.05) is 18.4 Å². The Morgan fingerprint density at radius 2 is 1.82 bits per heavy atom. The van der Waals surface area contributed by atoms with E-state index in [-0.39, 0.29) is 41.2 Å². The standard InChI is InChI=1S/C24H28ClN3O4S/c1-3-22(29)27-24(2)13-15-28(16-14-24)33(31,32)19-10-11-21(20(25)17-19)26-23(30)12-9-18-7-5-4-6-8-18/h3-8,10-11,17H,1,9,12-16H2,2H3,(H,26,30)(H,27,29). The predicted octanol–water partition coefficient (Wildman–Crippen LogP) is 3.76. The van der Waals surface area contributed by atoms with Crippen molar-refractivity contribution >= 4 is 39.1 Å². The Hall–Kier alpha value is -2.68. The molecule has 0 atom stereocenters. The first-order valence-electron chi connectivity index (χ1n) is 10.7. The fourth-order valence-electron chi connectivity index (χ4n) is 3.72. The topological polar surface area (TPSA) is 95.6 Å². The number of sulfonamides is 1. The van der Waals surface area contributed by atoms with Gasteiger partial charge in [0.25, 0.3) is 0 Å². The molecule has 0 unspecified atom stereocenters. The molecule has 2 aromatic rings. The predicted molar refractivity (Wildman–Crippen MR) is 130 cm³/mol. The molecule has 3 rings (SSSR count). The van der Waals surface area contributed by atoms with Crippen LogP contribution < -0.4 is 10.6 Å². The van der Waals surface area contributed by atoms with Gasteiger partial charge in [0, 0.05) is 25.0 Å². The van der Waals surface area contributed by atoms with E-state index < -0.39 is 15.6 Å². The monoisotopic (exact) mass is 489 g/mol. The third-order valence-electron chi connectivity index (χ3n) is 5.77. The molecule has 0 saturated carbocycles. The number of benzene rings is 2. The molecule has 1 fully saturated rings. The number of halogens is 1. The second-order valence-corrected chi connectivity index (χ2v) is 10.7. The highest BCUT2D eigenvalue weighted by Crippen LogP contribution is 2.30. The quantitative estimate of drug-likeness (QED) is 0.552.